The molecule has 0 bridgehead atoms. The summed E-state index contributed by atoms with van der Waals surface area (Å²) in [5.41, 5.74) is 6.10. The highest BCUT2D eigenvalue weighted by atomic mass is 16.5. The van der Waals surface area contributed by atoms with Crippen molar-refractivity contribution in [1.82, 2.24) is 4.90 Å². The van der Waals surface area contributed by atoms with Gasteiger partial charge in [0.2, 0.25) is 0 Å². The molecule has 2 N–H and O–H groups in total. The van der Waals surface area contributed by atoms with Gasteiger partial charge in [0.1, 0.15) is 0 Å². The van der Waals surface area contributed by atoms with Crippen LogP contribution in [0.5, 0.6) is 0 Å². The molecular formula is C14H30N2O. The van der Waals surface area contributed by atoms with Gasteiger partial charge in [-0.2, -0.15) is 0 Å². The molecule has 17 heavy (non-hydrogen) atoms. The third-order valence-corrected chi connectivity index (χ3v) is 3.81. The van der Waals surface area contributed by atoms with E-state index >= 15 is 0 Å². The molecule has 1 aliphatic heterocycles. The second-order valence-electron chi connectivity index (χ2n) is 5.80. The zero-order chi connectivity index (χ0) is 12.7. The van der Waals surface area contributed by atoms with Crippen LogP contribution in [0.4, 0.5) is 0 Å². The molecule has 0 aromatic rings. The highest BCUT2D eigenvalue weighted by Crippen LogP contribution is 2.24. The molecule has 102 valence electrons. The van der Waals surface area contributed by atoms with Crippen LogP contribution < -0.4 is 5.73 Å². The first kappa shape index (κ1) is 14.9. The predicted molar refractivity (Wildman–Crippen MR) is 73.2 cm³/mol. The van der Waals surface area contributed by atoms with Crippen molar-refractivity contribution < 1.29 is 4.74 Å². The quantitative estimate of drug-likeness (QED) is 0.697. The molecule has 0 aliphatic carbocycles. The number of hydrogen-bond acceptors (Lipinski definition) is 3. The van der Waals surface area contributed by atoms with Crippen LogP contribution in [-0.2, 0) is 4.74 Å². The average Bonchev–Trinajstić information content (AvgIpc) is 2.30. The fourth-order valence-corrected chi connectivity index (χ4v) is 2.75. The van der Waals surface area contributed by atoms with Crippen molar-refractivity contribution in [3.8, 4) is 0 Å². The van der Waals surface area contributed by atoms with E-state index in [0.29, 0.717) is 6.04 Å². The molecule has 1 aliphatic rings. The van der Waals surface area contributed by atoms with Gasteiger partial charge in [-0.15, -0.1) is 0 Å². The summed E-state index contributed by atoms with van der Waals surface area (Å²) in [7, 11) is 0. The fourth-order valence-electron chi connectivity index (χ4n) is 2.75. The van der Waals surface area contributed by atoms with Crippen molar-refractivity contribution in [3.05, 3.63) is 0 Å². The molecule has 0 aromatic heterocycles. The van der Waals surface area contributed by atoms with Crippen LogP contribution in [0, 0.1) is 0 Å². The summed E-state index contributed by atoms with van der Waals surface area (Å²) in [5.74, 6) is 0. The molecule has 3 heteroatoms. The minimum absolute atomic E-state index is 0.146. The number of rotatable bonds is 7. The Balaban J connectivity index is 2.42. The summed E-state index contributed by atoms with van der Waals surface area (Å²) >= 11 is 0. The van der Waals surface area contributed by atoms with Crippen molar-refractivity contribution in [2.24, 2.45) is 5.73 Å². The molecule has 0 saturated carbocycles. The van der Waals surface area contributed by atoms with Gasteiger partial charge in [-0.25, -0.2) is 0 Å². The van der Waals surface area contributed by atoms with Crippen molar-refractivity contribution in [2.45, 2.75) is 64.5 Å². The monoisotopic (exact) mass is 242 g/mol. The molecule has 1 rings (SSSR count). The van der Waals surface area contributed by atoms with Gasteiger partial charge in [0.05, 0.1) is 13.2 Å². The third-order valence-electron chi connectivity index (χ3n) is 3.81. The highest BCUT2D eigenvalue weighted by molar-refractivity contribution is 4.89. The lowest BCUT2D eigenvalue weighted by Gasteiger charge is -2.46. The van der Waals surface area contributed by atoms with Crippen LogP contribution in [0.1, 0.15) is 52.9 Å². The Morgan fingerprint density at radius 1 is 1.29 bits per heavy atom. The summed E-state index contributed by atoms with van der Waals surface area (Å²) in [5, 5.41) is 0. The van der Waals surface area contributed by atoms with Crippen LogP contribution in [0.3, 0.4) is 0 Å². The Morgan fingerprint density at radius 3 is 2.65 bits per heavy atom. The molecule has 0 radical (unpaired) electrons. The van der Waals surface area contributed by atoms with Crippen molar-refractivity contribution >= 4 is 0 Å². The van der Waals surface area contributed by atoms with Gasteiger partial charge in [-0.1, -0.05) is 32.6 Å². The first-order chi connectivity index (χ1) is 8.11. The van der Waals surface area contributed by atoms with Gasteiger partial charge in [0.25, 0.3) is 0 Å². The van der Waals surface area contributed by atoms with Crippen molar-refractivity contribution in [3.63, 3.8) is 0 Å². The van der Waals surface area contributed by atoms with Gasteiger partial charge in [-0.3, -0.25) is 4.90 Å². The first-order valence-corrected chi connectivity index (χ1v) is 7.16. The van der Waals surface area contributed by atoms with Crippen molar-refractivity contribution in [1.29, 1.82) is 0 Å². The Morgan fingerprint density at radius 2 is 2.06 bits per heavy atom. The normalized spacial score (nSPS) is 22.6. The summed E-state index contributed by atoms with van der Waals surface area (Å²) in [4.78, 5) is 2.56. The van der Waals surface area contributed by atoms with Gasteiger partial charge in [0.15, 0.2) is 0 Å². The third kappa shape index (κ3) is 4.57. The van der Waals surface area contributed by atoms with Crippen LogP contribution in [0.2, 0.25) is 0 Å². The minimum atomic E-state index is 0.146. The standard InChI is InChI=1S/C14H30N2O/c1-4-5-6-7-8-13(11-15)16-9-10-17-12-14(16,2)3/h13H,4-12,15H2,1-3H3. The highest BCUT2D eigenvalue weighted by Gasteiger charge is 2.34. The molecule has 1 atom stereocenters. The molecule has 3 nitrogen and oxygen atoms in total. The van der Waals surface area contributed by atoms with Crippen LogP contribution in [0.15, 0.2) is 0 Å². The molecule has 1 unspecified atom stereocenters. The topological polar surface area (TPSA) is 38.5 Å². The van der Waals surface area contributed by atoms with E-state index in [1.54, 1.807) is 0 Å². The van der Waals surface area contributed by atoms with Gasteiger partial charge < -0.3 is 10.5 Å². The second-order valence-corrected chi connectivity index (χ2v) is 5.80. The van der Waals surface area contributed by atoms with Crippen molar-refractivity contribution in [2.75, 3.05) is 26.3 Å². The first-order valence-electron chi connectivity index (χ1n) is 7.16. The number of hydrogen-bond donors (Lipinski definition) is 1. The van der Waals surface area contributed by atoms with E-state index < -0.39 is 0 Å². The largest absolute Gasteiger partial charge is 0.378 e. The molecule has 0 aromatic carbocycles. The lowest BCUT2D eigenvalue weighted by atomic mass is 9.96. The van der Waals surface area contributed by atoms with Gasteiger partial charge >= 0.3 is 0 Å². The van der Waals surface area contributed by atoms with E-state index in [2.05, 4.69) is 25.7 Å². The number of nitrogens with two attached hydrogens (primary N) is 1. The number of nitrogens with zero attached hydrogens (tertiary/aromatic N) is 1. The molecule has 0 amide bonds. The Hall–Kier alpha value is -0.120. The summed E-state index contributed by atoms with van der Waals surface area (Å²) in [6, 6.07) is 0.533. The smallest absolute Gasteiger partial charge is 0.0645 e. The fraction of sp³-hybridized carbons (Fsp3) is 1.00. The summed E-state index contributed by atoms with van der Waals surface area (Å²) in [6.45, 7) is 10.3. The molecule has 1 heterocycles. The molecule has 1 saturated heterocycles. The van der Waals surface area contributed by atoms with Gasteiger partial charge in [-0.05, 0) is 20.3 Å². The zero-order valence-corrected chi connectivity index (χ0v) is 11.9. The SMILES string of the molecule is CCCCCCC(CN)N1CCOCC1(C)C. The Kier molecular flexibility index (Phi) is 6.45. The van der Waals surface area contributed by atoms with Gasteiger partial charge in [0, 0.05) is 24.7 Å². The van der Waals surface area contributed by atoms with Crippen LogP contribution in [-0.4, -0.2) is 42.8 Å². The molecular weight excluding hydrogens is 212 g/mol. The van der Waals surface area contributed by atoms with E-state index in [9.17, 15) is 0 Å². The van der Waals surface area contributed by atoms with Crippen LogP contribution >= 0.6 is 0 Å². The lowest BCUT2D eigenvalue weighted by molar-refractivity contribution is -0.0719. The van der Waals surface area contributed by atoms with Crippen LogP contribution in [0.25, 0.3) is 0 Å². The molecule has 1 fully saturated rings. The van der Waals surface area contributed by atoms with E-state index in [4.69, 9.17) is 10.5 Å². The van der Waals surface area contributed by atoms with E-state index in [0.717, 1.165) is 26.3 Å². The Labute approximate surface area is 107 Å². The lowest BCUT2D eigenvalue weighted by Crippen LogP contribution is -2.58. The maximum absolute atomic E-state index is 5.96. The average molecular weight is 242 g/mol. The number of unbranched alkanes of at least 4 members (excludes halogenated alkanes) is 3. The maximum Gasteiger partial charge on any atom is 0.0645 e. The Bertz CT molecular complexity index is 206. The second kappa shape index (κ2) is 7.34. The van der Waals surface area contributed by atoms with E-state index in [1.165, 1.54) is 32.1 Å². The maximum atomic E-state index is 5.96. The minimum Gasteiger partial charge on any atom is -0.378 e. The van der Waals surface area contributed by atoms with E-state index in [-0.39, 0.29) is 5.54 Å². The zero-order valence-electron chi connectivity index (χ0n) is 11.9. The van der Waals surface area contributed by atoms with E-state index in [1.807, 2.05) is 0 Å². The number of morpholine rings is 1. The summed E-state index contributed by atoms with van der Waals surface area (Å²) in [6.07, 6.45) is 6.54. The predicted octanol–water partition coefficient (Wildman–Crippen LogP) is 2.39. The molecule has 0 spiro atoms. The summed E-state index contributed by atoms with van der Waals surface area (Å²) < 4.78 is 5.57. The number of ether oxygens (including phenoxy) is 1.